The van der Waals surface area contributed by atoms with Gasteiger partial charge in [0.15, 0.2) is 0 Å². The van der Waals surface area contributed by atoms with Crippen molar-refractivity contribution >= 4 is 21.8 Å². The van der Waals surface area contributed by atoms with Gasteiger partial charge in [0.2, 0.25) is 0 Å². The van der Waals surface area contributed by atoms with Gasteiger partial charge < -0.3 is 9.64 Å². The van der Waals surface area contributed by atoms with Crippen molar-refractivity contribution in [1.82, 2.24) is 4.90 Å². The highest BCUT2D eigenvalue weighted by atomic mass is 79.9. The van der Waals surface area contributed by atoms with Gasteiger partial charge in [-0.15, -0.1) is 0 Å². The Bertz CT molecular complexity index is 414. The molecule has 1 saturated heterocycles. The third-order valence-electron chi connectivity index (χ3n) is 3.41. The van der Waals surface area contributed by atoms with Gasteiger partial charge in [-0.1, -0.05) is 12.1 Å². The maximum Gasteiger partial charge on any atom is 0.254 e. The molecule has 0 spiro atoms. The molecule has 98 valence electrons. The van der Waals surface area contributed by atoms with E-state index in [1.54, 1.807) is 7.11 Å². The molecule has 1 aliphatic heterocycles. The molecule has 0 bridgehead atoms. The molecule has 1 aliphatic rings. The number of methoxy groups -OCH3 is 1. The van der Waals surface area contributed by atoms with Crippen LogP contribution >= 0.6 is 15.9 Å². The van der Waals surface area contributed by atoms with Gasteiger partial charge in [-0.25, -0.2) is 0 Å². The van der Waals surface area contributed by atoms with E-state index < -0.39 is 0 Å². The lowest BCUT2D eigenvalue weighted by molar-refractivity contribution is 0.0613. The van der Waals surface area contributed by atoms with Crippen molar-refractivity contribution in [3.8, 4) is 0 Å². The van der Waals surface area contributed by atoms with E-state index in [-0.39, 0.29) is 5.91 Å². The molecule has 0 radical (unpaired) electrons. The zero-order valence-corrected chi connectivity index (χ0v) is 12.1. The number of ether oxygens (including phenoxy) is 1. The molecule has 1 heterocycles. The van der Waals surface area contributed by atoms with Crippen LogP contribution in [0.5, 0.6) is 0 Å². The van der Waals surface area contributed by atoms with Crippen molar-refractivity contribution in [3.63, 3.8) is 0 Å². The Hall–Kier alpha value is -0.870. The highest BCUT2D eigenvalue weighted by molar-refractivity contribution is 9.10. The monoisotopic (exact) mass is 311 g/mol. The highest BCUT2D eigenvalue weighted by Crippen LogP contribution is 2.22. The number of carbonyl (C=O) groups is 1. The molecule has 1 aromatic carbocycles. The summed E-state index contributed by atoms with van der Waals surface area (Å²) in [5.74, 6) is 0.719. The first-order valence-corrected chi connectivity index (χ1v) is 7.04. The van der Waals surface area contributed by atoms with Crippen LogP contribution in [-0.2, 0) is 4.74 Å². The van der Waals surface area contributed by atoms with E-state index in [0.29, 0.717) is 5.92 Å². The van der Waals surface area contributed by atoms with Crippen LogP contribution in [-0.4, -0.2) is 37.6 Å². The smallest absolute Gasteiger partial charge is 0.254 e. The molecule has 0 N–H and O–H groups in total. The minimum atomic E-state index is 0.123. The highest BCUT2D eigenvalue weighted by Gasteiger charge is 2.24. The molecule has 1 amide bonds. The van der Waals surface area contributed by atoms with E-state index in [1.165, 1.54) is 0 Å². The Balaban J connectivity index is 1.98. The Morgan fingerprint density at radius 2 is 2.06 bits per heavy atom. The van der Waals surface area contributed by atoms with Crippen LogP contribution in [0.15, 0.2) is 28.7 Å². The summed E-state index contributed by atoms with van der Waals surface area (Å²) >= 11 is 3.43. The first kappa shape index (κ1) is 13.6. The van der Waals surface area contributed by atoms with Crippen molar-refractivity contribution in [1.29, 1.82) is 0 Å². The van der Waals surface area contributed by atoms with E-state index in [4.69, 9.17) is 4.74 Å². The molecule has 0 atom stereocenters. The fourth-order valence-electron chi connectivity index (χ4n) is 2.34. The van der Waals surface area contributed by atoms with E-state index in [9.17, 15) is 4.79 Å². The van der Waals surface area contributed by atoms with E-state index in [0.717, 1.165) is 42.6 Å². The molecule has 0 aromatic heterocycles. The quantitative estimate of drug-likeness (QED) is 0.859. The fourth-order valence-corrected chi connectivity index (χ4v) is 2.80. The van der Waals surface area contributed by atoms with Gasteiger partial charge in [0.1, 0.15) is 0 Å². The van der Waals surface area contributed by atoms with Gasteiger partial charge in [-0.2, -0.15) is 0 Å². The van der Waals surface area contributed by atoms with Crippen molar-refractivity contribution in [2.45, 2.75) is 12.8 Å². The predicted molar refractivity (Wildman–Crippen MR) is 74.6 cm³/mol. The average Bonchev–Trinajstić information content (AvgIpc) is 2.40. The Morgan fingerprint density at radius 3 is 2.67 bits per heavy atom. The number of hydrogen-bond acceptors (Lipinski definition) is 2. The van der Waals surface area contributed by atoms with E-state index in [2.05, 4.69) is 15.9 Å². The van der Waals surface area contributed by atoms with Crippen molar-refractivity contribution < 1.29 is 9.53 Å². The second kappa shape index (κ2) is 6.34. The maximum atomic E-state index is 12.3. The lowest BCUT2D eigenvalue weighted by Gasteiger charge is -2.31. The van der Waals surface area contributed by atoms with Gasteiger partial charge in [-0.3, -0.25) is 4.79 Å². The van der Waals surface area contributed by atoms with Crippen molar-refractivity contribution in [2.75, 3.05) is 26.8 Å². The number of halogens is 1. The predicted octanol–water partition coefficient (Wildman–Crippen LogP) is 2.95. The fraction of sp³-hybridized carbons (Fsp3) is 0.500. The summed E-state index contributed by atoms with van der Waals surface area (Å²) in [5.41, 5.74) is 0.752. The number of carbonyl (C=O) groups excluding carboxylic acids is 1. The molecule has 0 saturated carbocycles. The normalized spacial score (nSPS) is 16.9. The SMILES string of the molecule is COCC1CCN(C(=O)c2ccccc2Br)CC1. The zero-order valence-electron chi connectivity index (χ0n) is 10.6. The molecule has 1 fully saturated rings. The van der Waals surface area contributed by atoms with Crippen LogP contribution < -0.4 is 0 Å². The topological polar surface area (TPSA) is 29.5 Å². The summed E-state index contributed by atoms with van der Waals surface area (Å²) in [6.45, 7) is 2.46. The van der Waals surface area contributed by atoms with Crippen LogP contribution in [0.2, 0.25) is 0 Å². The first-order valence-electron chi connectivity index (χ1n) is 6.25. The summed E-state index contributed by atoms with van der Waals surface area (Å²) in [6, 6.07) is 7.60. The lowest BCUT2D eigenvalue weighted by atomic mass is 9.97. The van der Waals surface area contributed by atoms with Crippen molar-refractivity contribution in [3.05, 3.63) is 34.3 Å². The van der Waals surface area contributed by atoms with Crippen LogP contribution in [0.25, 0.3) is 0 Å². The van der Waals surface area contributed by atoms with E-state index in [1.807, 2.05) is 29.2 Å². The number of benzene rings is 1. The van der Waals surface area contributed by atoms with Gasteiger partial charge >= 0.3 is 0 Å². The summed E-state index contributed by atoms with van der Waals surface area (Å²) in [7, 11) is 1.73. The van der Waals surface area contributed by atoms with Crippen molar-refractivity contribution in [2.24, 2.45) is 5.92 Å². The van der Waals surface area contributed by atoms with Crippen LogP contribution in [0, 0.1) is 5.92 Å². The second-order valence-electron chi connectivity index (χ2n) is 4.67. The Kier molecular flexibility index (Phi) is 4.78. The second-order valence-corrected chi connectivity index (χ2v) is 5.53. The summed E-state index contributed by atoms with van der Waals surface area (Å²) < 4.78 is 6.04. The van der Waals surface area contributed by atoms with Crippen LogP contribution in [0.1, 0.15) is 23.2 Å². The van der Waals surface area contributed by atoms with Crippen LogP contribution in [0.4, 0.5) is 0 Å². The number of amides is 1. The van der Waals surface area contributed by atoms with Gasteiger partial charge in [0.25, 0.3) is 5.91 Å². The minimum absolute atomic E-state index is 0.123. The average molecular weight is 312 g/mol. The third-order valence-corrected chi connectivity index (χ3v) is 4.10. The summed E-state index contributed by atoms with van der Waals surface area (Å²) in [6.07, 6.45) is 2.06. The Labute approximate surface area is 116 Å². The summed E-state index contributed by atoms with van der Waals surface area (Å²) in [5, 5.41) is 0. The van der Waals surface area contributed by atoms with Gasteiger partial charge in [0, 0.05) is 31.3 Å². The van der Waals surface area contributed by atoms with Gasteiger partial charge in [-0.05, 0) is 46.8 Å². The number of nitrogens with zero attached hydrogens (tertiary/aromatic N) is 1. The molecule has 0 unspecified atom stereocenters. The number of likely N-dealkylation sites (tertiary alicyclic amines) is 1. The number of piperidine rings is 1. The third kappa shape index (κ3) is 3.12. The first-order chi connectivity index (χ1) is 8.72. The van der Waals surface area contributed by atoms with Gasteiger partial charge in [0.05, 0.1) is 5.56 Å². The lowest BCUT2D eigenvalue weighted by Crippen LogP contribution is -2.39. The molecule has 0 aliphatic carbocycles. The number of rotatable bonds is 3. The molecule has 3 nitrogen and oxygen atoms in total. The molecular weight excluding hydrogens is 294 g/mol. The van der Waals surface area contributed by atoms with E-state index >= 15 is 0 Å². The molecule has 4 heteroatoms. The molecule has 2 rings (SSSR count). The molecular formula is C14H18BrNO2. The molecule has 1 aromatic rings. The minimum Gasteiger partial charge on any atom is -0.384 e. The Morgan fingerprint density at radius 1 is 1.39 bits per heavy atom. The summed E-state index contributed by atoms with van der Waals surface area (Å²) in [4.78, 5) is 14.3. The maximum absolute atomic E-state index is 12.3. The zero-order chi connectivity index (χ0) is 13.0. The standard InChI is InChI=1S/C14H18BrNO2/c1-18-10-11-6-8-16(9-7-11)14(17)12-4-2-3-5-13(12)15/h2-5,11H,6-10H2,1H3. The largest absolute Gasteiger partial charge is 0.384 e. The number of hydrogen-bond donors (Lipinski definition) is 0. The van der Waals surface area contributed by atoms with Crippen LogP contribution in [0.3, 0.4) is 0 Å². The molecule has 18 heavy (non-hydrogen) atoms.